The third-order valence-corrected chi connectivity index (χ3v) is 2.30. The van der Waals surface area contributed by atoms with Crippen molar-refractivity contribution in [3.63, 3.8) is 0 Å². The lowest BCUT2D eigenvalue weighted by Gasteiger charge is -2.16. The van der Waals surface area contributed by atoms with Crippen molar-refractivity contribution in [2.45, 2.75) is 26.3 Å². The Kier molecular flexibility index (Phi) is 2.81. The van der Waals surface area contributed by atoms with Crippen LogP contribution in [0.1, 0.15) is 32.1 Å². The fourth-order valence-electron chi connectivity index (χ4n) is 1.10. The number of hydrogen-bond donors (Lipinski definition) is 1. The molecule has 0 saturated heterocycles. The highest BCUT2D eigenvalue weighted by molar-refractivity contribution is 4.94. The van der Waals surface area contributed by atoms with Crippen LogP contribution in [0, 0.1) is 5.92 Å². The molecule has 4 heteroatoms. The maximum Gasteiger partial charge on any atom is 0.149 e. The van der Waals surface area contributed by atoms with Crippen LogP contribution >= 0.6 is 0 Å². The van der Waals surface area contributed by atoms with Crippen LogP contribution in [0.4, 0.5) is 0 Å². The summed E-state index contributed by atoms with van der Waals surface area (Å²) in [5, 5.41) is 7.77. The van der Waals surface area contributed by atoms with E-state index in [0.29, 0.717) is 5.92 Å². The highest BCUT2D eigenvalue weighted by atomic mass is 15.3. The second kappa shape index (κ2) is 3.67. The number of nitrogens with zero attached hydrogens (tertiary/aromatic N) is 3. The van der Waals surface area contributed by atoms with E-state index in [1.165, 1.54) is 0 Å². The molecule has 0 aliphatic rings. The van der Waals surface area contributed by atoms with Crippen molar-refractivity contribution < 1.29 is 0 Å². The van der Waals surface area contributed by atoms with Gasteiger partial charge in [0.15, 0.2) is 0 Å². The Morgan fingerprint density at radius 2 is 2.33 bits per heavy atom. The molecule has 0 fully saturated rings. The zero-order valence-electron chi connectivity index (χ0n) is 7.86. The molecule has 68 valence electrons. The van der Waals surface area contributed by atoms with Gasteiger partial charge in [-0.25, -0.2) is 0 Å². The highest BCUT2D eigenvalue weighted by Gasteiger charge is 2.17. The van der Waals surface area contributed by atoms with E-state index in [1.54, 1.807) is 6.33 Å². The van der Waals surface area contributed by atoms with Gasteiger partial charge in [-0.1, -0.05) is 20.3 Å². The van der Waals surface area contributed by atoms with Gasteiger partial charge >= 0.3 is 0 Å². The molecule has 0 radical (unpaired) electrons. The first-order valence-corrected chi connectivity index (χ1v) is 4.26. The lowest BCUT2D eigenvalue weighted by molar-refractivity contribution is 0.429. The van der Waals surface area contributed by atoms with E-state index >= 15 is 0 Å². The average Bonchev–Trinajstić information content (AvgIpc) is 2.48. The van der Waals surface area contributed by atoms with E-state index in [2.05, 4.69) is 24.0 Å². The van der Waals surface area contributed by atoms with Crippen molar-refractivity contribution in [2.24, 2.45) is 18.7 Å². The molecule has 0 spiro atoms. The summed E-state index contributed by atoms with van der Waals surface area (Å²) in [7, 11) is 1.91. The Morgan fingerprint density at radius 1 is 1.67 bits per heavy atom. The third-order valence-electron chi connectivity index (χ3n) is 2.30. The number of rotatable bonds is 3. The number of aromatic nitrogens is 3. The van der Waals surface area contributed by atoms with Crippen LogP contribution in [-0.4, -0.2) is 14.8 Å². The topological polar surface area (TPSA) is 56.7 Å². The van der Waals surface area contributed by atoms with Crippen LogP contribution in [0.3, 0.4) is 0 Å². The largest absolute Gasteiger partial charge is 0.321 e. The van der Waals surface area contributed by atoms with E-state index in [9.17, 15) is 0 Å². The molecule has 1 aromatic heterocycles. The van der Waals surface area contributed by atoms with Crippen LogP contribution in [0.2, 0.25) is 0 Å². The Hall–Kier alpha value is -0.900. The van der Waals surface area contributed by atoms with Crippen LogP contribution in [0.5, 0.6) is 0 Å². The zero-order valence-corrected chi connectivity index (χ0v) is 7.86. The fourth-order valence-corrected chi connectivity index (χ4v) is 1.10. The number of aryl methyl sites for hydroxylation is 1. The minimum Gasteiger partial charge on any atom is -0.321 e. The molecule has 1 rings (SSSR count). The molecular formula is C8H16N4. The van der Waals surface area contributed by atoms with Crippen molar-refractivity contribution in [3.05, 3.63) is 12.2 Å². The molecule has 2 atom stereocenters. The summed E-state index contributed by atoms with van der Waals surface area (Å²) in [6, 6.07) is 0.00231. The summed E-state index contributed by atoms with van der Waals surface area (Å²) in [4.78, 5) is 0. The quantitative estimate of drug-likeness (QED) is 0.728. The van der Waals surface area contributed by atoms with Crippen LogP contribution in [0.25, 0.3) is 0 Å². The van der Waals surface area contributed by atoms with Gasteiger partial charge in [0.25, 0.3) is 0 Å². The summed E-state index contributed by atoms with van der Waals surface area (Å²) >= 11 is 0. The van der Waals surface area contributed by atoms with E-state index in [4.69, 9.17) is 5.73 Å². The van der Waals surface area contributed by atoms with Crippen LogP contribution in [-0.2, 0) is 7.05 Å². The lowest BCUT2D eigenvalue weighted by atomic mass is 10.00. The van der Waals surface area contributed by atoms with E-state index in [-0.39, 0.29) is 6.04 Å². The summed E-state index contributed by atoms with van der Waals surface area (Å²) in [5.41, 5.74) is 5.97. The summed E-state index contributed by atoms with van der Waals surface area (Å²) in [6.07, 6.45) is 2.74. The van der Waals surface area contributed by atoms with E-state index < -0.39 is 0 Å². The Bertz CT molecular complexity index is 243. The van der Waals surface area contributed by atoms with Crippen molar-refractivity contribution in [1.29, 1.82) is 0 Å². The molecule has 0 aliphatic carbocycles. The highest BCUT2D eigenvalue weighted by Crippen LogP contribution is 2.18. The molecule has 0 saturated carbocycles. The van der Waals surface area contributed by atoms with Crippen LogP contribution < -0.4 is 5.73 Å². The predicted molar refractivity (Wildman–Crippen MR) is 47.4 cm³/mol. The predicted octanol–water partition coefficient (Wildman–Crippen LogP) is 0.861. The second-order valence-electron chi connectivity index (χ2n) is 3.21. The van der Waals surface area contributed by atoms with E-state index in [0.717, 1.165) is 12.2 Å². The molecule has 0 aliphatic heterocycles. The minimum atomic E-state index is 0.00231. The Labute approximate surface area is 72.8 Å². The first-order valence-electron chi connectivity index (χ1n) is 4.26. The van der Waals surface area contributed by atoms with Gasteiger partial charge < -0.3 is 10.3 Å². The number of nitrogens with two attached hydrogens (primary N) is 1. The molecule has 0 aromatic carbocycles. The minimum absolute atomic E-state index is 0.00231. The summed E-state index contributed by atoms with van der Waals surface area (Å²) in [5.74, 6) is 1.32. The van der Waals surface area contributed by atoms with Gasteiger partial charge in [-0.15, -0.1) is 10.2 Å². The van der Waals surface area contributed by atoms with Gasteiger partial charge in [0.05, 0.1) is 6.04 Å². The van der Waals surface area contributed by atoms with Crippen molar-refractivity contribution >= 4 is 0 Å². The standard InChI is InChI=1S/C8H16N4/c1-4-6(2)7(9)8-11-10-5-12(8)3/h5-7H,4,9H2,1-3H3/t6?,7-/m0/s1. The Balaban J connectivity index is 2.77. The first-order chi connectivity index (χ1) is 5.66. The van der Waals surface area contributed by atoms with Gasteiger partial charge in [-0.3, -0.25) is 0 Å². The van der Waals surface area contributed by atoms with Gasteiger partial charge in [0.2, 0.25) is 0 Å². The molecule has 1 unspecified atom stereocenters. The monoisotopic (exact) mass is 168 g/mol. The Morgan fingerprint density at radius 3 is 2.75 bits per heavy atom. The summed E-state index contributed by atoms with van der Waals surface area (Å²) < 4.78 is 1.87. The molecule has 1 heterocycles. The zero-order chi connectivity index (χ0) is 9.14. The van der Waals surface area contributed by atoms with Crippen molar-refractivity contribution in [2.75, 3.05) is 0 Å². The smallest absolute Gasteiger partial charge is 0.149 e. The van der Waals surface area contributed by atoms with Gasteiger partial charge in [-0.05, 0) is 5.92 Å². The lowest BCUT2D eigenvalue weighted by Crippen LogP contribution is -2.22. The molecule has 0 bridgehead atoms. The van der Waals surface area contributed by atoms with Crippen LogP contribution in [0.15, 0.2) is 6.33 Å². The van der Waals surface area contributed by atoms with Gasteiger partial charge in [0.1, 0.15) is 12.2 Å². The molecule has 4 nitrogen and oxygen atoms in total. The third kappa shape index (κ3) is 1.64. The van der Waals surface area contributed by atoms with Crippen molar-refractivity contribution in [3.8, 4) is 0 Å². The molecular weight excluding hydrogens is 152 g/mol. The maximum absolute atomic E-state index is 5.97. The summed E-state index contributed by atoms with van der Waals surface area (Å²) in [6.45, 7) is 4.25. The average molecular weight is 168 g/mol. The van der Waals surface area contributed by atoms with Gasteiger partial charge in [-0.2, -0.15) is 0 Å². The van der Waals surface area contributed by atoms with Crippen molar-refractivity contribution in [1.82, 2.24) is 14.8 Å². The molecule has 12 heavy (non-hydrogen) atoms. The normalized spacial score (nSPS) is 16.0. The molecule has 2 N–H and O–H groups in total. The maximum atomic E-state index is 5.97. The fraction of sp³-hybridized carbons (Fsp3) is 0.750. The SMILES string of the molecule is CCC(C)[C@H](N)c1nncn1C. The van der Waals surface area contributed by atoms with Gasteiger partial charge in [0, 0.05) is 7.05 Å². The molecule has 0 amide bonds. The second-order valence-corrected chi connectivity index (χ2v) is 3.21. The molecule has 1 aromatic rings. The first kappa shape index (κ1) is 9.19. The number of hydrogen-bond acceptors (Lipinski definition) is 3. The van der Waals surface area contributed by atoms with E-state index in [1.807, 2.05) is 11.6 Å².